The Bertz CT molecular complexity index is 195. The smallest absolute Gasteiger partial charge is 0.0608 e. The Labute approximate surface area is 98.9 Å². The van der Waals surface area contributed by atoms with Gasteiger partial charge in [0.15, 0.2) is 0 Å². The van der Waals surface area contributed by atoms with Crippen molar-refractivity contribution in [3.8, 4) is 0 Å². The van der Waals surface area contributed by atoms with Gasteiger partial charge in [0, 0.05) is 26.2 Å². The lowest BCUT2D eigenvalue weighted by Gasteiger charge is -2.34. The number of hydrogen-bond acceptors (Lipinski definition) is 4. The summed E-state index contributed by atoms with van der Waals surface area (Å²) in [6, 6.07) is 0. The normalized spacial score (nSPS) is 28.7. The third-order valence-corrected chi connectivity index (χ3v) is 3.51. The summed E-state index contributed by atoms with van der Waals surface area (Å²) in [5, 5.41) is 8.53. The van der Waals surface area contributed by atoms with Gasteiger partial charge in [0.2, 0.25) is 0 Å². The molecule has 16 heavy (non-hydrogen) atoms. The van der Waals surface area contributed by atoms with Gasteiger partial charge in [-0.15, -0.1) is 0 Å². The minimum absolute atomic E-state index is 0.842. The highest BCUT2D eigenvalue weighted by molar-refractivity contribution is 4.77. The summed E-state index contributed by atoms with van der Waals surface area (Å²) < 4.78 is 5.38. The fraction of sp³-hybridized carbons (Fsp3) is 1.00. The molecule has 2 aliphatic rings. The zero-order valence-corrected chi connectivity index (χ0v) is 10.5. The molecule has 0 bridgehead atoms. The third kappa shape index (κ3) is 3.42. The largest absolute Gasteiger partial charge is 0.379 e. The predicted octanol–water partition coefficient (Wildman–Crippen LogP) is 0.555. The molecule has 0 spiro atoms. The van der Waals surface area contributed by atoms with E-state index in [0.29, 0.717) is 0 Å². The van der Waals surface area contributed by atoms with Crippen LogP contribution in [0.5, 0.6) is 0 Å². The van der Waals surface area contributed by atoms with Crippen molar-refractivity contribution < 1.29 is 4.74 Å². The monoisotopic (exact) mass is 227 g/mol. The SMILES string of the molecule is CCCNCC1CCN(N2CCOCC2)C1. The molecule has 0 aromatic rings. The predicted molar refractivity (Wildman–Crippen MR) is 65.2 cm³/mol. The molecule has 1 atom stereocenters. The molecule has 0 aromatic carbocycles. The molecule has 1 unspecified atom stereocenters. The van der Waals surface area contributed by atoms with Gasteiger partial charge in [-0.3, -0.25) is 0 Å². The second-order valence-electron chi connectivity index (χ2n) is 4.84. The van der Waals surface area contributed by atoms with Crippen molar-refractivity contribution in [2.75, 3.05) is 52.5 Å². The number of ether oxygens (including phenoxy) is 1. The Morgan fingerprint density at radius 3 is 2.75 bits per heavy atom. The average Bonchev–Trinajstić information content (AvgIpc) is 2.79. The molecule has 94 valence electrons. The van der Waals surface area contributed by atoms with Crippen molar-refractivity contribution in [3.05, 3.63) is 0 Å². The van der Waals surface area contributed by atoms with E-state index in [0.717, 1.165) is 38.8 Å². The number of hydrazine groups is 1. The van der Waals surface area contributed by atoms with Crippen LogP contribution in [-0.4, -0.2) is 62.5 Å². The van der Waals surface area contributed by atoms with Crippen LogP contribution in [0.4, 0.5) is 0 Å². The lowest BCUT2D eigenvalue weighted by Crippen LogP contribution is -2.47. The molecule has 0 saturated carbocycles. The number of morpholine rings is 1. The Balaban J connectivity index is 1.66. The molecule has 4 nitrogen and oxygen atoms in total. The molecule has 2 rings (SSSR count). The number of nitrogens with one attached hydrogen (secondary N) is 1. The summed E-state index contributed by atoms with van der Waals surface area (Å²) in [5.74, 6) is 0.842. The maximum absolute atomic E-state index is 5.38. The van der Waals surface area contributed by atoms with Crippen LogP contribution in [0.1, 0.15) is 19.8 Å². The van der Waals surface area contributed by atoms with Gasteiger partial charge in [-0.25, -0.2) is 10.0 Å². The van der Waals surface area contributed by atoms with E-state index in [4.69, 9.17) is 4.74 Å². The van der Waals surface area contributed by atoms with Gasteiger partial charge in [-0.05, 0) is 31.8 Å². The van der Waals surface area contributed by atoms with Crippen LogP contribution in [0.15, 0.2) is 0 Å². The second-order valence-corrected chi connectivity index (χ2v) is 4.84. The summed E-state index contributed by atoms with van der Waals surface area (Å²) in [5.41, 5.74) is 0. The summed E-state index contributed by atoms with van der Waals surface area (Å²) in [6.45, 7) is 11.0. The maximum atomic E-state index is 5.38. The van der Waals surface area contributed by atoms with E-state index in [1.807, 2.05) is 0 Å². The zero-order chi connectivity index (χ0) is 11.2. The van der Waals surface area contributed by atoms with Crippen LogP contribution in [-0.2, 0) is 4.74 Å². The first kappa shape index (κ1) is 12.3. The highest BCUT2D eigenvalue weighted by Gasteiger charge is 2.27. The van der Waals surface area contributed by atoms with Gasteiger partial charge >= 0.3 is 0 Å². The van der Waals surface area contributed by atoms with Crippen LogP contribution < -0.4 is 5.32 Å². The average molecular weight is 227 g/mol. The Morgan fingerprint density at radius 2 is 2.00 bits per heavy atom. The third-order valence-electron chi connectivity index (χ3n) is 3.51. The summed E-state index contributed by atoms with van der Waals surface area (Å²) in [4.78, 5) is 0. The van der Waals surface area contributed by atoms with Crippen molar-refractivity contribution in [2.24, 2.45) is 5.92 Å². The molecule has 1 N–H and O–H groups in total. The molecular formula is C12H25N3O. The first-order chi connectivity index (χ1) is 7.90. The lowest BCUT2D eigenvalue weighted by atomic mass is 10.1. The minimum atomic E-state index is 0.842. The van der Waals surface area contributed by atoms with Gasteiger partial charge < -0.3 is 10.1 Å². The summed E-state index contributed by atoms with van der Waals surface area (Å²) >= 11 is 0. The van der Waals surface area contributed by atoms with Crippen molar-refractivity contribution in [2.45, 2.75) is 19.8 Å². The molecule has 0 aromatic heterocycles. The summed E-state index contributed by atoms with van der Waals surface area (Å²) in [6.07, 6.45) is 2.58. The molecule has 2 fully saturated rings. The number of rotatable bonds is 5. The van der Waals surface area contributed by atoms with Gasteiger partial charge in [-0.1, -0.05) is 6.92 Å². The second kappa shape index (κ2) is 6.55. The van der Waals surface area contributed by atoms with Crippen LogP contribution in [0.3, 0.4) is 0 Å². The minimum Gasteiger partial charge on any atom is -0.379 e. The van der Waals surface area contributed by atoms with Crippen molar-refractivity contribution in [1.29, 1.82) is 0 Å². The Hall–Kier alpha value is -0.160. The van der Waals surface area contributed by atoms with Crippen molar-refractivity contribution in [1.82, 2.24) is 15.3 Å². The fourth-order valence-electron chi connectivity index (χ4n) is 2.56. The van der Waals surface area contributed by atoms with Gasteiger partial charge in [0.1, 0.15) is 0 Å². The number of nitrogens with zero attached hydrogens (tertiary/aromatic N) is 2. The molecular weight excluding hydrogens is 202 g/mol. The van der Waals surface area contributed by atoms with E-state index in [9.17, 15) is 0 Å². The van der Waals surface area contributed by atoms with E-state index in [2.05, 4.69) is 22.3 Å². The molecule has 2 aliphatic heterocycles. The first-order valence-electron chi connectivity index (χ1n) is 6.68. The van der Waals surface area contributed by atoms with E-state index in [1.54, 1.807) is 0 Å². The molecule has 0 radical (unpaired) electrons. The lowest BCUT2D eigenvalue weighted by molar-refractivity contribution is -0.0790. The van der Waals surface area contributed by atoms with Gasteiger partial charge in [-0.2, -0.15) is 0 Å². The Morgan fingerprint density at radius 1 is 1.19 bits per heavy atom. The highest BCUT2D eigenvalue weighted by Crippen LogP contribution is 2.18. The highest BCUT2D eigenvalue weighted by atomic mass is 16.5. The van der Waals surface area contributed by atoms with Crippen LogP contribution in [0.2, 0.25) is 0 Å². The molecule has 0 aliphatic carbocycles. The first-order valence-corrected chi connectivity index (χ1v) is 6.68. The van der Waals surface area contributed by atoms with Crippen LogP contribution in [0.25, 0.3) is 0 Å². The van der Waals surface area contributed by atoms with Crippen LogP contribution in [0, 0.1) is 5.92 Å². The zero-order valence-electron chi connectivity index (χ0n) is 10.5. The molecule has 0 amide bonds. The van der Waals surface area contributed by atoms with E-state index < -0.39 is 0 Å². The molecule has 2 saturated heterocycles. The topological polar surface area (TPSA) is 27.7 Å². The molecule has 4 heteroatoms. The standard InChI is InChI=1S/C12H25N3O/c1-2-4-13-10-12-3-5-15(11-12)14-6-8-16-9-7-14/h12-13H,2-11H2,1H3. The van der Waals surface area contributed by atoms with Crippen molar-refractivity contribution >= 4 is 0 Å². The Kier molecular flexibility index (Phi) is 5.03. The number of hydrogen-bond donors (Lipinski definition) is 1. The van der Waals surface area contributed by atoms with Gasteiger partial charge in [0.25, 0.3) is 0 Å². The van der Waals surface area contributed by atoms with Crippen molar-refractivity contribution in [3.63, 3.8) is 0 Å². The molecule has 2 heterocycles. The quantitative estimate of drug-likeness (QED) is 0.694. The maximum Gasteiger partial charge on any atom is 0.0608 e. The van der Waals surface area contributed by atoms with Gasteiger partial charge in [0.05, 0.1) is 13.2 Å². The fourth-order valence-corrected chi connectivity index (χ4v) is 2.56. The van der Waals surface area contributed by atoms with E-state index >= 15 is 0 Å². The van der Waals surface area contributed by atoms with E-state index in [1.165, 1.54) is 32.5 Å². The van der Waals surface area contributed by atoms with Crippen LogP contribution >= 0.6 is 0 Å². The van der Waals surface area contributed by atoms with E-state index in [-0.39, 0.29) is 0 Å². The summed E-state index contributed by atoms with van der Waals surface area (Å²) in [7, 11) is 0.